The van der Waals surface area contributed by atoms with Gasteiger partial charge in [-0.25, -0.2) is 8.78 Å². The fourth-order valence-electron chi connectivity index (χ4n) is 6.46. The molecule has 6 heteroatoms. The highest BCUT2D eigenvalue weighted by molar-refractivity contribution is 5.89. The summed E-state index contributed by atoms with van der Waals surface area (Å²) in [5, 5.41) is 2.98. The van der Waals surface area contributed by atoms with Crippen molar-refractivity contribution in [2.45, 2.75) is 56.3 Å². The first-order valence-electron chi connectivity index (χ1n) is 12.0. The van der Waals surface area contributed by atoms with E-state index in [4.69, 9.17) is 0 Å². The van der Waals surface area contributed by atoms with E-state index in [9.17, 15) is 18.4 Å². The summed E-state index contributed by atoms with van der Waals surface area (Å²) in [5.74, 6) is -0.269. The van der Waals surface area contributed by atoms with Crippen LogP contribution in [0.15, 0.2) is 48.5 Å². The van der Waals surface area contributed by atoms with Gasteiger partial charge in [-0.2, -0.15) is 0 Å². The van der Waals surface area contributed by atoms with Crippen molar-refractivity contribution in [3.05, 3.63) is 71.3 Å². The first kappa shape index (κ1) is 22.1. The summed E-state index contributed by atoms with van der Waals surface area (Å²) >= 11 is 0. The first-order chi connectivity index (χ1) is 15.9. The van der Waals surface area contributed by atoms with Gasteiger partial charge in [-0.15, -0.1) is 0 Å². The SMILES string of the molecule is O=C1CC2(CCN(C(=O)C3(c4ccc(F)cc4)CCCC3)CC2)C(c2ccc(F)cc2)CN1. The maximum Gasteiger partial charge on any atom is 0.233 e. The number of nitrogens with one attached hydrogen (secondary N) is 1. The fraction of sp³-hybridized carbons (Fsp3) is 0.481. The highest BCUT2D eigenvalue weighted by Gasteiger charge is 2.50. The number of nitrogens with zero attached hydrogens (tertiary/aromatic N) is 1. The van der Waals surface area contributed by atoms with E-state index in [2.05, 4.69) is 5.32 Å². The van der Waals surface area contributed by atoms with Gasteiger partial charge in [0.1, 0.15) is 11.6 Å². The first-order valence-corrected chi connectivity index (χ1v) is 12.0. The molecule has 2 amide bonds. The zero-order valence-corrected chi connectivity index (χ0v) is 18.8. The van der Waals surface area contributed by atoms with Crippen molar-refractivity contribution in [3.8, 4) is 0 Å². The molecule has 1 spiro atoms. The number of likely N-dealkylation sites (tertiary alicyclic amines) is 1. The maximum atomic E-state index is 13.8. The van der Waals surface area contributed by atoms with Gasteiger partial charge in [-0.05, 0) is 66.5 Å². The molecule has 5 rings (SSSR count). The summed E-state index contributed by atoms with van der Waals surface area (Å²) in [7, 11) is 0. The van der Waals surface area contributed by atoms with E-state index in [1.165, 1.54) is 24.3 Å². The van der Waals surface area contributed by atoms with E-state index in [-0.39, 0.29) is 34.8 Å². The molecule has 1 unspecified atom stereocenters. The quantitative estimate of drug-likeness (QED) is 0.735. The summed E-state index contributed by atoms with van der Waals surface area (Å²) in [6.45, 7) is 1.75. The van der Waals surface area contributed by atoms with Gasteiger partial charge in [0.15, 0.2) is 0 Å². The Morgan fingerprint density at radius 1 is 0.879 bits per heavy atom. The van der Waals surface area contributed by atoms with Crippen molar-refractivity contribution >= 4 is 11.8 Å². The number of benzene rings is 2. The summed E-state index contributed by atoms with van der Waals surface area (Å²) in [6.07, 6.45) is 5.49. The van der Waals surface area contributed by atoms with Crippen LogP contribution in [-0.2, 0) is 15.0 Å². The predicted octanol–water partition coefficient (Wildman–Crippen LogP) is 4.69. The molecule has 2 heterocycles. The molecular weight excluding hydrogens is 422 g/mol. The lowest BCUT2D eigenvalue weighted by Crippen LogP contribution is -2.55. The van der Waals surface area contributed by atoms with Crippen molar-refractivity contribution in [2.75, 3.05) is 19.6 Å². The molecule has 0 bridgehead atoms. The van der Waals surface area contributed by atoms with Gasteiger partial charge in [-0.1, -0.05) is 37.1 Å². The van der Waals surface area contributed by atoms with E-state index in [0.717, 1.165) is 49.7 Å². The molecular formula is C27H30F2N2O2. The molecule has 2 saturated heterocycles. The Kier molecular flexibility index (Phi) is 5.71. The molecule has 2 aromatic carbocycles. The molecule has 174 valence electrons. The molecule has 33 heavy (non-hydrogen) atoms. The van der Waals surface area contributed by atoms with Crippen LogP contribution in [0.25, 0.3) is 0 Å². The summed E-state index contributed by atoms with van der Waals surface area (Å²) in [4.78, 5) is 28.2. The van der Waals surface area contributed by atoms with Crippen LogP contribution in [0, 0.1) is 17.0 Å². The lowest BCUT2D eigenvalue weighted by Gasteiger charge is -2.50. The maximum absolute atomic E-state index is 13.8. The van der Waals surface area contributed by atoms with Gasteiger partial charge in [0.25, 0.3) is 0 Å². The second kappa shape index (κ2) is 8.54. The normalized spacial score (nSPS) is 24.0. The molecule has 1 atom stereocenters. The third-order valence-electron chi connectivity index (χ3n) is 8.34. The lowest BCUT2D eigenvalue weighted by atomic mass is 9.62. The number of carbonyl (C=O) groups excluding carboxylic acids is 2. The summed E-state index contributed by atoms with van der Waals surface area (Å²) < 4.78 is 27.0. The van der Waals surface area contributed by atoms with Gasteiger partial charge >= 0.3 is 0 Å². The number of halogens is 2. The summed E-state index contributed by atoms with van der Waals surface area (Å²) in [5.41, 5.74) is 1.15. The summed E-state index contributed by atoms with van der Waals surface area (Å²) in [6, 6.07) is 13.0. The third kappa shape index (κ3) is 3.94. The van der Waals surface area contributed by atoms with E-state index in [1.807, 2.05) is 17.0 Å². The van der Waals surface area contributed by atoms with Gasteiger partial charge in [0.2, 0.25) is 11.8 Å². The number of hydrogen-bond acceptors (Lipinski definition) is 2. The largest absolute Gasteiger partial charge is 0.355 e. The fourth-order valence-corrected chi connectivity index (χ4v) is 6.46. The van der Waals surface area contributed by atoms with Crippen molar-refractivity contribution < 1.29 is 18.4 Å². The smallest absolute Gasteiger partial charge is 0.233 e. The van der Waals surface area contributed by atoms with Crippen molar-refractivity contribution in [2.24, 2.45) is 5.41 Å². The van der Waals surface area contributed by atoms with Crippen molar-refractivity contribution in [1.29, 1.82) is 0 Å². The highest BCUT2D eigenvalue weighted by Crippen LogP contribution is 2.50. The Balaban J connectivity index is 1.37. The van der Waals surface area contributed by atoms with Crippen LogP contribution in [0.2, 0.25) is 0 Å². The van der Waals surface area contributed by atoms with Gasteiger partial charge < -0.3 is 10.2 Å². The number of hydrogen-bond donors (Lipinski definition) is 1. The Morgan fingerprint density at radius 2 is 1.45 bits per heavy atom. The number of amides is 2. The Morgan fingerprint density at radius 3 is 2.06 bits per heavy atom. The average Bonchev–Trinajstić information content (AvgIpc) is 3.32. The van der Waals surface area contributed by atoms with Crippen LogP contribution in [0.3, 0.4) is 0 Å². The molecule has 0 aromatic heterocycles. The van der Waals surface area contributed by atoms with Crippen LogP contribution >= 0.6 is 0 Å². The topological polar surface area (TPSA) is 49.4 Å². The minimum atomic E-state index is -0.571. The van der Waals surface area contributed by atoms with Crippen LogP contribution < -0.4 is 5.32 Å². The standard InChI is InChI=1S/C27H30F2N2O2/c28-21-7-3-19(4-8-21)23-18-30-24(32)17-26(23)13-15-31(16-14-26)25(33)27(11-1-2-12-27)20-5-9-22(29)10-6-20/h3-10,23H,1-2,11-18H2,(H,30,32). The average molecular weight is 453 g/mol. The van der Waals surface area contributed by atoms with Crippen LogP contribution in [0.4, 0.5) is 8.78 Å². The number of carbonyl (C=O) groups is 2. The zero-order chi connectivity index (χ0) is 23.1. The molecule has 0 radical (unpaired) electrons. The van der Waals surface area contributed by atoms with E-state index < -0.39 is 5.41 Å². The molecule has 1 N–H and O–H groups in total. The minimum absolute atomic E-state index is 0.0479. The number of piperidine rings is 2. The van der Waals surface area contributed by atoms with E-state index in [1.54, 1.807) is 12.1 Å². The van der Waals surface area contributed by atoms with Gasteiger partial charge in [0.05, 0.1) is 5.41 Å². The third-order valence-corrected chi connectivity index (χ3v) is 8.34. The van der Waals surface area contributed by atoms with Crippen molar-refractivity contribution in [1.82, 2.24) is 10.2 Å². The Bertz CT molecular complexity index is 1020. The van der Waals surface area contributed by atoms with Gasteiger partial charge in [0, 0.05) is 32.0 Å². The molecule has 2 aromatic rings. The van der Waals surface area contributed by atoms with E-state index in [0.29, 0.717) is 26.1 Å². The van der Waals surface area contributed by atoms with Crippen molar-refractivity contribution in [3.63, 3.8) is 0 Å². The van der Waals surface area contributed by atoms with Gasteiger partial charge in [-0.3, -0.25) is 9.59 Å². The zero-order valence-electron chi connectivity index (χ0n) is 18.8. The number of rotatable bonds is 3. The monoisotopic (exact) mass is 452 g/mol. The second-order valence-electron chi connectivity index (χ2n) is 10.0. The molecule has 3 aliphatic rings. The van der Waals surface area contributed by atoms with E-state index >= 15 is 0 Å². The second-order valence-corrected chi connectivity index (χ2v) is 10.0. The predicted molar refractivity (Wildman–Crippen MR) is 122 cm³/mol. The van der Waals surface area contributed by atoms with Crippen LogP contribution in [-0.4, -0.2) is 36.3 Å². The Labute approximate surface area is 193 Å². The molecule has 2 aliphatic heterocycles. The molecule has 3 fully saturated rings. The van der Waals surface area contributed by atoms with Crippen LogP contribution in [0.1, 0.15) is 62.0 Å². The minimum Gasteiger partial charge on any atom is -0.355 e. The van der Waals surface area contributed by atoms with Crippen LogP contribution in [0.5, 0.6) is 0 Å². The Hall–Kier alpha value is -2.76. The molecule has 1 saturated carbocycles. The lowest BCUT2D eigenvalue weighted by molar-refractivity contribution is -0.141. The molecule has 1 aliphatic carbocycles. The highest BCUT2D eigenvalue weighted by atomic mass is 19.1. The molecule has 4 nitrogen and oxygen atoms in total.